The van der Waals surface area contributed by atoms with Crippen molar-refractivity contribution in [2.45, 2.75) is 37.6 Å². The minimum absolute atomic E-state index is 0.148. The van der Waals surface area contributed by atoms with E-state index in [1.54, 1.807) is 30.3 Å². The highest BCUT2D eigenvalue weighted by atomic mass is 35.5. The molecule has 1 saturated carbocycles. The molecule has 0 atom stereocenters. The lowest BCUT2D eigenvalue weighted by atomic mass is 9.74. The third kappa shape index (κ3) is 2.82. The number of hydrogen-bond donors (Lipinski definition) is 2. The van der Waals surface area contributed by atoms with E-state index in [9.17, 15) is 9.18 Å². The molecule has 0 saturated heterocycles. The second kappa shape index (κ2) is 6.23. The van der Waals surface area contributed by atoms with Crippen molar-refractivity contribution in [1.29, 1.82) is 0 Å². The molecule has 2 N–H and O–H groups in total. The van der Waals surface area contributed by atoms with Gasteiger partial charge in [-0.1, -0.05) is 43.0 Å². The predicted molar refractivity (Wildman–Crippen MR) is 94.8 cm³/mol. The number of nitrogens with one attached hydrogen (secondary N) is 2. The van der Waals surface area contributed by atoms with Gasteiger partial charge in [-0.15, -0.1) is 0 Å². The summed E-state index contributed by atoms with van der Waals surface area (Å²) in [7, 11) is 0. The van der Waals surface area contributed by atoms with Crippen LogP contribution in [0.15, 0.2) is 36.4 Å². The Morgan fingerprint density at radius 1 is 1.04 bits per heavy atom. The minimum Gasteiger partial charge on any atom is -0.454 e. The Morgan fingerprint density at radius 2 is 1.80 bits per heavy atom. The highest BCUT2D eigenvalue weighted by molar-refractivity contribution is 6.34. The number of benzene rings is 2. The molecule has 0 aromatic heterocycles. The first-order chi connectivity index (χ1) is 12.1. The van der Waals surface area contributed by atoms with E-state index >= 15 is 0 Å². The fraction of sp³-hybridized carbons (Fsp3) is 0.316. The molecular weight excluding hydrogens is 343 g/mol. The Balaban J connectivity index is 1.86. The molecule has 1 aliphatic carbocycles. The maximum atomic E-state index is 14.0. The molecule has 25 heavy (non-hydrogen) atoms. The highest BCUT2D eigenvalue weighted by Crippen LogP contribution is 2.50. The van der Waals surface area contributed by atoms with Crippen LogP contribution < -0.4 is 15.4 Å². The molecule has 130 valence electrons. The molecular formula is C19H18ClFN2O2. The molecule has 2 aromatic carbocycles. The SMILES string of the molecule is O=C1Nc2c(Cl)ccc(Oc3ccccc3F)c2C2(CCCCC2)N1. The second-order valence-electron chi connectivity index (χ2n) is 6.55. The lowest BCUT2D eigenvalue weighted by molar-refractivity contribution is 0.206. The van der Waals surface area contributed by atoms with Gasteiger partial charge in [0.15, 0.2) is 11.6 Å². The molecule has 2 aliphatic rings. The van der Waals surface area contributed by atoms with Crippen molar-refractivity contribution >= 4 is 23.3 Å². The number of para-hydroxylation sites is 1. The monoisotopic (exact) mass is 360 g/mol. The summed E-state index contributed by atoms with van der Waals surface area (Å²) in [4.78, 5) is 12.2. The quantitative estimate of drug-likeness (QED) is 0.736. The largest absolute Gasteiger partial charge is 0.454 e. The van der Waals surface area contributed by atoms with Gasteiger partial charge in [0.1, 0.15) is 5.75 Å². The molecule has 2 amide bonds. The van der Waals surface area contributed by atoms with Crippen molar-refractivity contribution in [1.82, 2.24) is 5.32 Å². The second-order valence-corrected chi connectivity index (χ2v) is 6.96. The van der Waals surface area contributed by atoms with E-state index in [2.05, 4.69) is 10.6 Å². The molecule has 4 nitrogen and oxygen atoms in total. The molecule has 6 heteroatoms. The van der Waals surface area contributed by atoms with Crippen molar-refractivity contribution in [3.8, 4) is 11.5 Å². The van der Waals surface area contributed by atoms with Crippen molar-refractivity contribution in [2.24, 2.45) is 0 Å². The highest BCUT2D eigenvalue weighted by Gasteiger charge is 2.43. The van der Waals surface area contributed by atoms with E-state index < -0.39 is 11.4 Å². The summed E-state index contributed by atoms with van der Waals surface area (Å²) >= 11 is 6.34. The number of urea groups is 1. The number of hydrogen-bond acceptors (Lipinski definition) is 2. The number of fused-ring (bicyclic) bond motifs is 2. The minimum atomic E-state index is -0.526. The maximum absolute atomic E-state index is 14.0. The van der Waals surface area contributed by atoms with Crippen molar-refractivity contribution in [3.05, 3.63) is 52.8 Å². The fourth-order valence-electron chi connectivity index (χ4n) is 3.84. The number of amides is 2. The van der Waals surface area contributed by atoms with E-state index in [1.165, 1.54) is 6.07 Å². The van der Waals surface area contributed by atoms with Gasteiger partial charge in [0, 0.05) is 5.56 Å². The number of rotatable bonds is 2. The summed E-state index contributed by atoms with van der Waals surface area (Å²) < 4.78 is 19.9. The first kappa shape index (κ1) is 16.2. The lowest BCUT2D eigenvalue weighted by Gasteiger charge is -2.43. The van der Waals surface area contributed by atoms with Crippen LogP contribution in [-0.2, 0) is 5.54 Å². The molecule has 1 heterocycles. The zero-order valence-corrected chi connectivity index (χ0v) is 14.3. The number of carbonyl (C=O) groups excluding carboxylic acids is 1. The molecule has 2 aromatic rings. The normalized spacial score (nSPS) is 18.2. The van der Waals surface area contributed by atoms with Crippen LogP contribution in [0.4, 0.5) is 14.9 Å². The number of carbonyl (C=O) groups is 1. The van der Waals surface area contributed by atoms with Gasteiger partial charge in [-0.25, -0.2) is 9.18 Å². The molecule has 0 bridgehead atoms. The molecule has 0 unspecified atom stereocenters. The zero-order valence-electron chi connectivity index (χ0n) is 13.6. The lowest BCUT2D eigenvalue weighted by Crippen LogP contribution is -2.52. The van der Waals surface area contributed by atoms with Gasteiger partial charge in [0.05, 0.1) is 16.2 Å². The van der Waals surface area contributed by atoms with Crippen LogP contribution >= 0.6 is 11.6 Å². The van der Waals surface area contributed by atoms with Crippen LogP contribution in [0.2, 0.25) is 5.02 Å². The molecule has 0 radical (unpaired) electrons. The van der Waals surface area contributed by atoms with Crippen LogP contribution in [0.25, 0.3) is 0 Å². The maximum Gasteiger partial charge on any atom is 0.319 e. The van der Waals surface area contributed by atoms with E-state index in [0.29, 0.717) is 16.5 Å². The number of halogens is 2. The Bertz CT molecular complexity index is 834. The van der Waals surface area contributed by atoms with Crippen molar-refractivity contribution in [3.63, 3.8) is 0 Å². The summed E-state index contributed by atoms with van der Waals surface area (Å²) in [5, 5.41) is 6.31. The average molecular weight is 361 g/mol. The predicted octanol–water partition coefficient (Wildman–Crippen LogP) is 5.57. The molecule has 1 aliphatic heterocycles. The Labute approximate surface area is 150 Å². The summed E-state index contributed by atoms with van der Waals surface area (Å²) in [5.41, 5.74) is 0.838. The van der Waals surface area contributed by atoms with Gasteiger partial charge < -0.3 is 15.4 Å². The summed E-state index contributed by atoms with van der Waals surface area (Å²) in [6.45, 7) is 0. The van der Waals surface area contributed by atoms with Crippen molar-refractivity contribution < 1.29 is 13.9 Å². The van der Waals surface area contributed by atoms with E-state index in [-0.39, 0.29) is 11.8 Å². The first-order valence-corrected chi connectivity index (χ1v) is 8.81. The van der Waals surface area contributed by atoms with Gasteiger partial charge in [0.25, 0.3) is 0 Å². The molecule has 1 spiro atoms. The fourth-order valence-corrected chi connectivity index (χ4v) is 4.05. The van der Waals surface area contributed by atoms with Gasteiger partial charge in [-0.3, -0.25) is 0 Å². The van der Waals surface area contributed by atoms with E-state index in [0.717, 1.165) is 37.7 Å². The topological polar surface area (TPSA) is 50.4 Å². The van der Waals surface area contributed by atoms with Crippen LogP contribution in [0.3, 0.4) is 0 Å². The summed E-state index contributed by atoms with van der Waals surface area (Å²) in [6, 6.07) is 9.41. The van der Waals surface area contributed by atoms with Crippen LogP contribution in [0.5, 0.6) is 11.5 Å². The third-order valence-electron chi connectivity index (χ3n) is 4.95. The third-order valence-corrected chi connectivity index (χ3v) is 5.26. The van der Waals surface area contributed by atoms with Crippen LogP contribution in [0.1, 0.15) is 37.7 Å². The van der Waals surface area contributed by atoms with Crippen LogP contribution in [-0.4, -0.2) is 6.03 Å². The summed E-state index contributed by atoms with van der Waals surface area (Å²) in [6.07, 6.45) is 4.75. The van der Waals surface area contributed by atoms with Gasteiger partial charge in [-0.2, -0.15) is 0 Å². The molecule has 1 fully saturated rings. The summed E-state index contributed by atoms with van der Waals surface area (Å²) in [5.74, 6) is 0.227. The van der Waals surface area contributed by atoms with Crippen LogP contribution in [0, 0.1) is 5.82 Å². The van der Waals surface area contributed by atoms with E-state index in [1.807, 2.05) is 0 Å². The zero-order chi connectivity index (χ0) is 17.4. The number of anilines is 1. The van der Waals surface area contributed by atoms with Crippen molar-refractivity contribution in [2.75, 3.05) is 5.32 Å². The molecule has 4 rings (SSSR count). The first-order valence-electron chi connectivity index (χ1n) is 8.44. The van der Waals surface area contributed by atoms with Gasteiger partial charge >= 0.3 is 6.03 Å². The van der Waals surface area contributed by atoms with Gasteiger partial charge in [-0.05, 0) is 37.1 Å². The smallest absolute Gasteiger partial charge is 0.319 e. The average Bonchev–Trinajstić information content (AvgIpc) is 2.60. The standard InChI is InChI=1S/C19H18ClFN2O2/c20-12-8-9-15(25-14-7-3-2-6-13(14)21)16-17(12)22-18(24)23-19(16)10-4-1-5-11-19/h2-3,6-9H,1,4-5,10-11H2,(H2,22,23,24). The Hall–Kier alpha value is -2.27. The Kier molecular flexibility index (Phi) is 4.04. The Morgan fingerprint density at radius 3 is 2.56 bits per heavy atom. The van der Waals surface area contributed by atoms with E-state index in [4.69, 9.17) is 16.3 Å². The van der Waals surface area contributed by atoms with Gasteiger partial charge in [0.2, 0.25) is 0 Å². The number of ether oxygens (including phenoxy) is 1.